The van der Waals surface area contributed by atoms with Gasteiger partial charge >= 0.3 is 26.2 Å². The van der Waals surface area contributed by atoms with Gasteiger partial charge in [-0.1, -0.05) is 124 Å². The Hall–Kier alpha value is -2.80. The van der Waals surface area contributed by atoms with Crippen molar-refractivity contribution in [1.29, 1.82) is 0 Å². The van der Waals surface area contributed by atoms with Crippen molar-refractivity contribution >= 4 is 36.3 Å². The van der Waals surface area contributed by atoms with Crippen molar-refractivity contribution in [1.82, 2.24) is 0 Å². The number of aryl methyl sites for hydroxylation is 1. The number of hydrogen-bond acceptors (Lipinski definition) is 0. The first-order chi connectivity index (χ1) is 20.1. The fraction of sp³-hybridized carbons (Fsp3) is 0.200. The van der Waals surface area contributed by atoms with E-state index in [1.807, 2.05) is 6.07 Å². The normalized spacial score (nSPS) is 9.48. The molecule has 0 N–H and O–H groups in total. The van der Waals surface area contributed by atoms with Gasteiger partial charge in [-0.15, -0.1) is 69.6 Å². The van der Waals surface area contributed by atoms with Crippen molar-refractivity contribution in [3.63, 3.8) is 0 Å². The van der Waals surface area contributed by atoms with E-state index in [2.05, 4.69) is 169 Å². The molecule has 6 rings (SSSR count). The molecular formula is C40H46SiZr. The molecule has 0 aliphatic carbocycles. The fourth-order valence-corrected chi connectivity index (χ4v) is 4.47. The molecule has 42 heavy (non-hydrogen) atoms. The summed E-state index contributed by atoms with van der Waals surface area (Å²) < 4.78 is 0. The summed E-state index contributed by atoms with van der Waals surface area (Å²) in [4.78, 5) is 0. The van der Waals surface area contributed by atoms with Crippen LogP contribution in [0.15, 0.2) is 133 Å². The second-order valence-electron chi connectivity index (χ2n) is 9.69. The second kappa shape index (κ2) is 22.8. The van der Waals surface area contributed by atoms with Crippen molar-refractivity contribution in [2.45, 2.75) is 53.0 Å². The minimum atomic E-state index is 0. The van der Waals surface area contributed by atoms with Crippen molar-refractivity contribution in [2.24, 2.45) is 0 Å². The Kier molecular flexibility index (Phi) is 20.2. The predicted molar refractivity (Wildman–Crippen MR) is 187 cm³/mol. The maximum absolute atomic E-state index is 3.60. The molecule has 2 heteroatoms. The molecule has 0 amide bonds. The third kappa shape index (κ3) is 13.5. The average Bonchev–Trinajstić information content (AvgIpc) is 3.68. The van der Waals surface area contributed by atoms with E-state index in [1.165, 1.54) is 56.3 Å². The number of hydrogen-bond donors (Lipinski definition) is 0. The van der Waals surface area contributed by atoms with Crippen molar-refractivity contribution in [2.75, 3.05) is 0 Å². The zero-order chi connectivity index (χ0) is 29.7. The standard InChI is InChI=1S/C15H11.C10H9.C7H8Si.2C4H9.Zr/c1-2-6-12(7-3-1)14-10-4-8-13-9-5-11-15(13)14;1-8-6-9-4-2-3-5-10(9)7-8;1-8-7-5-3-2-4-6-7;2*1-3-4-2;/h1-11H;2-7H,1H3;2-6H,1H3;2*1,3-4H2,2H3;/q2*-1;;2*-1;+4. The summed E-state index contributed by atoms with van der Waals surface area (Å²) in [6.45, 7) is 15.8. The van der Waals surface area contributed by atoms with Gasteiger partial charge in [0.05, 0.1) is 9.52 Å². The van der Waals surface area contributed by atoms with Crippen LogP contribution in [-0.2, 0) is 26.2 Å². The third-order valence-corrected chi connectivity index (χ3v) is 7.21. The van der Waals surface area contributed by atoms with E-state index < -0.39 is 0 Å². The van der Waals surface area contributed by atoms with Crippen LogP contribution in [-0.4, -0.2) is 9.52 Å². The molecule has 0 fully saturated rings. The zero-order valence-corrected chi connectivity index (χ0v) is 29.4. The molecule has 0 saturated heterocycles. The first-order valence-electron chi connectivity index (χ1n) is 14.7. The minimum Gasteiger partial charge on any atom is -0.343 e. The molecule has 0 saturated carbocycles. The van der Waals surface area contributed by atoms with Gasteiger partial charge in [-0.3, -0.25) is 0 Å². The minimum absolute atomic E-state index is 0. The molecule has 6 aromatic carbocycles. The average molecular weight is 646 g/mol. The van der Waals surface area contributed by atoms with Crippen LogP contribution in [0.5, 0.6) is 0 Å². The van der Waals surface area contributed by atoms with E-state index >= 15 is 0 Å². The van der Waals surface area contributed by atoms with Crippen molar-refractivity contribution < 1.29 is 26.2 Å². The number of fused-ring (bicyclic) bond motifs is 2. The van der Waals surface area contributed by atoms with Crippen LogP contribution in [0, 0.1) is 20.8 Å². The van der Waals surface area contributed by atoms with Crippen LogP contribution >= 0.6 is 0 Å². The van der Waals surface area contributed by atoms with E-state index in [1.54, 1.807) is 0 Å². The molecule has 6 aromatic rings. The third-order valence-electron chi connectivity index (χ3n) is 6.30. The monoisotopic (exact) mass is 644 g/mol. The van der Waals surface area contributed by atoms with Crippen LogP contribution in [0.2, 0.25) is 6.55 Å². The topological polar surface area (TPSA) is 0 Å². The van der Waals surface area contributed by atoms with E-state index in [-0.39, 0.29) is 26.2 Å². The number of unbranched alkanes of at least 4 members (excludes halogenated alkanes) is 2. The van der Waals surface area contributed by atoms with Crippen LogP contribution in [0.1, 0.15) is 45.1 Å². The summed E-state index contributed by atoms with van der Waals surface area (Å²) in [6.07, 6.45) is 4.56. The quantitative estimate of drug-likeness (QED) is 0.132. The van der Waals surface area contributed by atoms with Crippen LogP contribution < -0.4 is 5.19 Å². The zero-order valence-electron chi connectivity index (χ0n) is 25.9. The maximum atomic E-state index is 3.60. The Morgan fingerprint density at radius 3 is 1.76 bits per heavy atom. The summed E-state index contributed by atoms with van der Waals surface area (Å²) in [5.74, 6) is 0. The van der Waals surface area contributed by atoms with Gasteiger partial charge in [-0.05, 0) is 5.56 Å². The Morgan fingerprint density at radius 1 is 0.667 bits per heavy atom. The molecule has 0 atom stereocenters. The summed E-state index contributed by atoms with van der Waals surface area (Å²) in [5.41, 5.74) is 3.95. The molecule has 0 heterocycles. The van der Waals surface area contributed by atoms with E-state index in [0.29, 0.717) is 0 Å². The van der Waals surface area contributed by atoms with Gasteiger partial charge in [0.2, 0.25) is 0 Å². The molecule has 0 bridgehead atoms. The fourth-order valence-electron chi connectivity index (χ4n) is 3.94. The molecule has 214 valence electrons. The van der Waals surface area contributed by atoms with Gasteiger partial charge in [-0.25, -0.2) is 0 Å². The smallest absolute Gasteiger partial charge is 0.343 e. The maximum Gasteiger partial charge on any atom is 4.00 e. The second-order valence-corrected chi connectivity index (χ2v) is 10.8. The van der Waals surface area contributed by atoms with Gasteiger partial charge in [0, 0.05) is 0 Å². The first-order valence-corrected chi connectivity index (χ1v) is 16.2. The van der Waals surface area contributed by atoms with E-state index in [0.717, 1.165) is 22.4 Å². The van der Waals surface area contributed by atoms with Crippen LogP contribution in [0.25, 0.3) is 32.7 Å². The first kappa shape index (κ1) is 37.2. The van der Waals surface area contributed by atoms with Crippen LogP contribution in [0.3, 0.4) is 0 Å². The summed E-state index contributed by atoms with van der Waals surface area (Å²) in [6, 6.07) is 46.7. The number of benzene rings is 4. The van der Waals surface area contributed by atoms with Crippen molar-refractivity contribution in [3.8, 4) is 11.1 Å². The molecule has 0 aliphatic rings. The molecule has 2 radical (unpaired) electrons. The molecule has 0 aliphatic heterocycles. The Balaban J connectivity index is 0.000000287. The summed E-state index contributed by atoms with van der Waals surface area (Å²) in [5, 5.41) is 6.78. The molecule has 0 nitrogen and oxygen atoms in total. The molecular weight excluding hydrogens is 600 g/mol. The van der Waals surface area contributed by atoms with Gasteiger partial charge in [0.25, 0.3) is 0 Å². The molecule has 0 spiro atoms. The van der Waals surface area contributed by atoms with Gasteiger partial charge in [0.15, 0.2) is 0 Å². The summed E-state index contributed by atoms with van der Waals surface area (Å²) in [7, 11) is 0.930. The van der Waals surface area contributed by atoms with Gasteiger partial charge < -0.3 is 13.8 Å². The number of rotatable bonds is 4. The van der Waals surface area contributed by atoms with Gasteiger partial charge in [0.1, 0.15) is 0 Å². The molecule has 0 unspecified atom stereocenters. The SMILES string of the molecule is C[Si]c1ccccc1.Cc1cc2ccccc2[cH-]1.[CH2-]CCC.[CH2-]CCC.[Zr+4].c1ccc(-c2cccc3[cH-]ccc23)cc1. The largest absolute Gasteiger partial charge is 4.00 e. The molecule has 0 aromatic heterocycles. The van der Waals surface area contributed by atoms with E-state index in [9.17, 15) is 0 Å². The predicted octanol–water partition coefficient (Wildman–Crippen LogP) is 11.4. The Bertz CT molecular complexity index is 1420. The van der Waals surface area contributed by atoms with Crippen molar-refractivity contribution in [3.05, 3.63) is 153 Å². The van der Waals surface area contributed by atoms with Crippen LogP contribution in [0.4, 0.5) is 0 Å². The Labute approximate surface area is 277 Å². The van der Waals surface area contributed by atoms with E-state index in [4.69, 9.17) is 0 Å². The summed E-state index contributed by atoms with van der Waals surface area (Å²) >= 11 is 0. The van der Waals surface area contributed by atoms with Gasteiger partial charge in [-0.2, -0.15) is 31.0 Å². The Morgan fingerprint density at radius 2 is 1.21 bits per heavy atom.